The standard InChI is InChI=1S/C23H28FN3O2/c1-16-13-19(24)18-15-21(26-20(18)14-16)22(28)25-10-7-23(29)8-11-27(12-9-23)17-5-3-2-4-6-17/h2-6,13-14,21,26,29H,7-12,15H2,1H3,(H,25,28). The third-order valence-corrected chi connectivity index (χ3v) is 6.10. The van der Waals surface area contributed by atoms with E-state index in [9.17, 15) is 14.3 Å². The van der Waals surface area contributed by atoms with E-state index in [-0.39, 0.29) is 11.7 Å². The molecule has 1 fully saturated rings. The van der Waals surface area contributed by atoms with Gasteiger partial charge in [-0.15, -0.1) is 0 Å². The number of hydrogen-bond acceptors (Lipinski definition) is 4. The highest BCUT2D eigenvalue weighted by atomic mass is 19.1. The van der Waals surface area contributed by atoms with Gasteiger partial charge >= 0.3 is 0 Å². The summed E-state index contributed by atoms with van der Waals surface area (Å²) in [5.41, 5.74) is 2.53. The topological polar surface area (TPSA) is 64.6 Å². The number of fused-ring (bicyclic) bond motifs is 1. The van der Waals surface area contributed by atoms with E-state index in [0.717, 1.165) is 18.7 Å². The summed E-state index contributed by atoms with van der Waals surface area (Å²) in [5, 5.41) is 16.9. The minimum Gasteiger partial charge on any atom is -0.390 e. The summed E-state index contributed by atoms with van der Waals surface area (Å²) in [6.07, 6.45) is 2.23. The molecule has 0 aliphatic carbocycles. The Balaban J connectivity index is 1.24. The van der Waals surface area contributed by atoms with Gasteiger partial charge in [0.25, 0.3) is 0 Å². The van der Waals surface area contributed by atoms with Gasteiger partial charge in [0, 0.05) is 43.0 Å². The van der Waals surface area contributed by atoms with Crippen molar-refractivity contribution in [2.24, 2.45) is 0 Å². The minimum atomic E-state index is -0.756. The van der Waals surface area contributed by atoms with Gasteiger partial charge in [-0.25, -0.2) is 4.39 Å². The van der Waals surface area contributed by atoms with Crippen LogP contribution >= 0.6 is 0 Å². The number of aryl methyl sites for hydroxylation is 1. The second-order valence-electron chi connectivity index (χ2n) is 8.26. The molecule has 2 heterocycles. The van der Waals surface area contributed by atoms with Crippen LogP contribution in [0.2, 0.25) is 0 Å². The lowest BCUT2D eigenvalue weighted by molar-refractivity contribution is -0.121. The van der Waals surface area contributed by atoms with Crippen molar-refractivity contribution in [3.05, 3.63) is 59.4 Å². The third-order valence-electron chi connectivity index (χ3n) is 6.10. The molecule has 1 unspecified atom stereocenters. The van der Waals surface area contributed by atoms with Crippen LogP contribution in [0.25, 0.3) is 0 Å². The molecule has 2 aliphatic heterocycles. The fraction of sp³-hybridized carbons (Fsp3) is 0.435. The maximum absolute atomic E-state index is 14.1. The molecule has 154 valence electrons. The summed E-state index contributed by atoms with van der Waals surface area (Å²) < 4.78 is 14.1. The van der Waals surface area contributed by atoms with Gasteiger partial charge in [0.1, 0.15) is 11.9 Å². The third kappa shape index (κ3) is 4.37. The predicted molar refractivity (Wildman–Crippen MR) is 113 cm³/mol. The summed E-state index contributed by atoms with van der Waals surface area (Å²) in [7, 11) is 0. The molecule has 1 atom stereocenters. The Morgan fingerprint density at radius 1 is 1.28 bits per heavy atom. The smallest absolute Gasteiger partial charge is 0.242 e. The number of nitrogens with zero attached hydrogens (tertiary/aromatic N) is 1. The first-order valence-corrected chi connectivity index (χ1v) is 10.3. The Bertz CT molecular complexity index is 879. The monoisotopic (exact) mass is 397 g/mol. The van der Waals surface area contributed by atoms with Crippen molar-refractivity contribution < 1.29 is 14.3 Å². The van der Waals surface area contributed by atoms with Crippen LogP contribution in [-0.2, 0) is 11.2 Å². The van der Waals surface area contributed by atoms with E-state index >= 15 is 0 Å². The maximum Gasteiger partial charge on any atom is 0.242 e. The van der Waals surface area contributed by atoms with Crippen LogP contribution in [0.3, 0.4) is 0 Å². The molecule has 2 aliphatic rings. The normalized spacial score (nSPS) is 20.1. The molecule has 0 radical (unpaired) electrons. The van der Waals surface area contributed by atoms with Gasteiger partial charge in [0.2, 0.25) is 5.91 Å². The molecule has 6 heteroatoms. The number of amides is 1. The summed E-state index contributed by atoms with van der Waals surface area (Å²) in [4.78, 5) is 14.8. The number of halogens is 1. The van der Waals surface area contributed by atoms with Crippen molar-refractivity contribution >= 4 is 17.3 Å². The van der Waals surface area contributed by atoms with Gasteiger partial charge in [-0.2, -0.15) is 0 Å². The number of carbonyl (C=O) groups is 1. The van der Waals surface area contributed by atoms with E-state index in [1.54, 1.807) is 0 Å². The van der Waals surface area contributed by atoms with E-state index in [0.29, 0.717) is 43.5 Å². The van der Waals surface area contributed by atoms with E-state index in [1.165, 1.54) is 11.8 Å². The molecule has 3 N–H and O–H groups in total. The Labute approximate surface area is 170 Å². The molecule has 4 rings (SSSR count). The van der Waals surface area contributed by atoms with E-state index in [4.69, 9.17) is 0 Å². The van der Waals surface area contributed by atoms with Gasteiger partial charge in [-0.3, -0.25) is 4.79 Å². The van der Waals surface area contributed by atoms with Crippen LogP contribution in [0.1, 0.15) is 30.4 Å². The quantitative estimate of drug-likeness (QED) is 0.726. The number of para-hydroxylation sites is 1. The molecule has 0 aromatic heterocycles. The van der Waals surface area contributed by atoms with Crippen LogP contribution in [-0.4, -0.2) is 42.3 Å². The average Bonchev–Trinajstić information content (AvgIpc) is 3.14. The molecular formula is C23H28FN3O2. The first-order valence-electron chi connectivity index (χ1n) is 10.3. The van der Waals surface area contributed by atoms with Crippen LogP contribution in [0.5, 0.6) is 0 Å². The van der Waals surface area contributed by atoms with Crippen LogP contribution < -0.4 is 15.5 Å². The number of rotatable bonds is 5. The number of hydrogen-bond donors (Lipinski definition) is 3. The molecule has 0 bridgehead atoms. The Morgan fingerprint density at radius 2 is 2.00 bits per heavy atom. The lowest BCUT2D eigenvalue weighted by atomic mass is 9.88. The van der Waals surface area contributed by atoms with Gasteiger partial charge in [-0.05, 0) is 56.0 Å². The first kappa shape index (κ1) is 19.7. The molecule has 1 saturated heterocycles. The van der Waals surface area contributed by atoms with Gasteiger partial charge in [-0.1, -0.05) is 18.2 Å². The number of piperidine rings is 1. The van der Waals surface area contributed by atoms with Crippen LogP contribution in [0, 0.1) is 12.7 Å². The Hall–Kier alpha value is -2.60. The highest BCUT2D eigenvalue weighted by molar-refractivity contribution is 5.87. The minimum absolute atomic E-state index is 0.149. The van der Waals surface area contributed by atoms with E-state index in [2.05, 4.69) is 27.7 Å². The lowest BCUT2D eigenvalue weighted by Crippen LogP contribution is -2.47. The molecule has 0 saturated carbocycles. The van der Waals surface area contributed by atoms with Gasteiger partial charge in [0.05, 0.1) is 5.60 Å². The molecule has 29 heavy (non-hydrogen) atoms. The molecule has 5 nitrogen and oxygen atoms in total. The zero-order chi connectivity index (χ0) is 20.4. The Kier molecular flexibility index (Phi) is 5.46. The molecule has 2 aromatic rings. The second kappa shape index (κ2) is 8.03. The second-order valence-corrected chi connectivity index (χ2v) is 8.26. The van der Waals surface area contributed by atoms with Gasteiger partial charge < -0.3 is 20.6 Å². The zero-order valence-corrected chi connectivity index (χ0v) is 16.7. The number of aliphatic hydroxyl groups is 1. The number of carbonyl (C=O) groups excluding carboxylic acids is 1. The number of anilines is 2. The maximum atomic E-state index is 14.1. The fourth-order valence-corrected chi connectivity index (χ4v) is 4.32. The molecule has 0 spiro atoms. The predicted octanol–water partition coefficient (Wildman–Crippen LogP) is 3.01. The zero-order valence-electron chi connectivity index (χ0n) is 16.7. The van der Waals surface area contributed by atoms with Crippen LogP contribution in [0.15, 0.2) is 42.5 Å². The highest BCUT2D eigenvalue weighted by Crippen LogP contribution is 2.30. The highest BCUT2D eigenvalue weighted by Gasteiger charge is 2.33. The van der Waals surface area contributed by atoms with Crippen molar-refractivity contribution in [3.8, 4) is 0 Å². The average molecular weight is 397 g/mol. The Morgan fingerprint density at radius 3 is 2.72 bits per heavy atom. The lowest BCUT2D eigenvalue weighted by Gasteiger charge is -2.39. The van der Waals surface area contributed by atoms with E-state index < -0.39 is 11.6 Å². The van der Waals surface area contributed by atoms with Crippen LogP contribution in [0.4, 0.5) is 15.8 Å². The summed E-state index contributed by atoms with van der Waals surface area (Å²) in [6.45, 7) is 3.85. The number of nitrogens with one attached hydrogen (secondary N) is 2. The molecule has 2 aromatic carbocycles. The van der Waals surface area contributed by atoms with E-state index in [1.807, 2.05) is 31.2 Å². The molecular weight excluding hydrogens is 369 g/mol. The van der Waals surface area contributed by atoms with Crippen molar-refractivity contribution in [1.82, 2.24) is 5.32 Å². The van der Waals surface area contributed by atoms with Crippen molar-refractivity contribution in [1.29, 1.82) is 0 Å². The SMILES string of the molecule is Cc1cc(F)c2c(c1)NC(C(=O)NCCC1(O)CCN(c3ccccc3)CC1)C2. The van der Waals surface area contributed by atoms with Gasteiger partial charge in [0.15, 0.2) is 0 Å². The van der Waals surface area contributed by atoms with Crippen molar-refractivity contribution in [2.45, 2.75) is 44.2 Å². The molecule has 1 amide bonds. The van der Waals surface area contributed by atoms with Crippen molar-refractivity contribution in [3.63, 3.8) is 0 Å². The van der Waals surface area contributed by atoms with Crippen molar-refractivity contribution in [2.75, 3.05) is 29.9 Å². The largest absolute Gasteiger partial charge is 0.390 e. The first-order chi connectivity index (χ1) is 13.9. The fourth-order valence-electron chi connectivity index (χ4n) is 4.32. The summed E-state index contributed by atoms with van der Waals surface area (Å²) in [6, 6.07) is 13.1. The summed E-state index contributed by atoms with van der Waals surface area (Å²) in [5.74, 6) is -0.411. The summed E-state index contributed by atoms with van der Waals surface area (Å²) >= 11 is 0. The number of benzene rings is 2.